The minimum absolute atomic E-state index is 0.414. The second-order valence-corrected chi connectivity index (χ2v) is 8.14. The Morgan fingerprint density at radius 3 is 2.36 bits per heavy atom. The van der Waals surface area contributed by atoms with Gasteiger partial charge in [-0.05, 0) is 30.3 Å². The van der Waals surface area contributed by atoms with Gasteiger partial charge < -0.3 is 14.4 Å². The number of aromatic nitrogens is 3. The quantitative estimate of drug-likeness (QED) is 0.425. The lowest BCUT2D eigenvalue weighted by Crippen LogP contribution is -2.46. The van der Waals surface area contributed by atoms with Crippen LogP contribution >= 0.6 is 0 Å². The topological polar surface area (TPSA) is 37.2 Å². The van der Waals surface area contributed by atoms with Gasteiger partial charge in [-0.25, -0.2) is 9.97 Å². The van der Waals surface area contributed by atoms with E-state index in [2.05, 4.69) is 26.7 Å². The van der Waals surface area contributed by atoms with Crippen LogP contribution in [0.25, 0.3) is 27.8 Å². The van der Waals surface area contributed by atoms with Gasteiger partial charge in [0.25, 0.3) is 0 Å². The largest absolute Gasteiger partial charge is 0.416 e. The monoisotopic (exact) mass is 451 g/mol. The molecule has 0 unspecified atom stereocenters. The Kier molecular flexibility index (Phi) is 5.54. The summed E-state index contributed by atoms with van der Waals surface area (Å²) in [5.41, 5.74) is 2.19. The molecule has 0 N–H and O–H groups in total. The van der Waals surface area contributed by atoms with E-state index in [1.165, 1.54) is 12.4 Å². The van der Waals surface area contributed by atoms with Crippen LogP contribution in [0.2, 0.25) is 0 Å². The van der Waals surface area contributed by atoms with Gasteiger partial charge >= 0.3 is 6.18 Å². The lowest BCUT2D eigenvalue weighted by molar-refractivity contribution is -0.137. The number of hydrogen-bond acceptors (Lipinski definition) is 4. The van der Waals surface area contributed by atoms with Crippen LogP contribution in [0.5, 0.6) is 0 Å². The Hall–Kier alpha value is -3.39. The van der Waals surface area contributed by atoms with Crippen LogP contribution in [-0.2, 0) is 6.18 Å². The highest BCUT2D eigenvalue weighted by Crippen LogP contribution is 2.38. The molecule has 2 aromatic carbocycles. The van der Waals surface area contributed by atoms with Crippen molar-refractivity contribution in [2.75, 3.05) is 37.6 Å². The van der Waals surface area contributed by atoms with Gasteiger partial charge in [-0.15, -0.1) is 0 Å². The third-order valence-electron chi connectivity index (χ3n) is 6.22. The van der Waals surface area contributed by atoms with Crippen LogP contribution in [0.3, 0.4) is 0 Å². The van der Waals surface area contributed by atoms with E-state index in [0.29, 0.717) is 11.3 Å². The molecule has 0 radical (unpaired) electrons. The van der Waals surface area contributed by atoms with Gasteiger partial charge in [0.05, 0.1) is 10.9 Å². The summed E-state index contributed by atoms with van der Waals surface area (Å²) in [5, 5.41) is 0.853. The number of alkyl halides is 3. The van der Waals surface area contributed by atoms with Crippen molar-refractivity contribution >= 4 is 16.9 Å². The molecular weight excluding hydrogens is 427 g/mol. The van der Waals surface area contributed by atoms with E-state index in [9.17, 15) is 13.2 Å². The highest BCUT2D eigenvalue weighted by Gasteiger charge is 2.31. The molecule has 0 saturated carbocycles. The molecule has 0 bridgehead atoms. The third kappa shape index (κ3) is 4.06. The Morgan fingerprint density at radius 2 is 1.67 bits per heavy atom. The smallest absolute Gasteiger partial charge is 0.353 e. The maximum absolute atomic E-state index is 13.4. The van der Waals surface area contributed by atoms with E-state index in [4.69, 9.17) is 0 Å². The molecule has 3 heterocycles. The lowest BCUT2D eigenvalue weighted by atomic mass is 10.1. The Balaban J connectivity index is 1.70. The normalized spacial score (nSPS) is 15.3. The van der Waals surface area contributed by atoms with Gasteiger partial charge in [0.2, 0.25) is 0 Å². The number of piperazine rings is 1. The molecule has 1 fully saturated rings. The van der Waals surface area contributed by atoms with Crippen molar-refractivity contribution in [2.45, 2.75) is 13.1 Å². The summed E-state index contributed by atoms with van der Waals surface area (Å²) in [4.78, 5) is 13.8. The summed E-state index contributed by atoms with van der Waals surface area (Å²) >= 11 is 0. The maximum atomic E-state index is 13.4. The second kappa shape index (κ2) is 8.51. The molecule has 5 rings (SSSR count). The van der Waals surface area contributed by atoms with Crippen LogP contribution in [0.15, 0.2) is 67.1 Å². The minimum Gasteiger partial charge on any atom is -0.353 e. The van der Waals surface area contributed by atoms with Crippen LogP contribution < -0.4 is 4.90 Å². The van der Waals surface area contributed by atoms with Crippen molar-refractivity contribution in [1.82, 2.24) is 19.4 Å². The fourth-order valence-corrected chi connectivity index (χ4v) is 4.43. The Labute approximate surface area is 190 Å². The van der Waals surface area contributed by atoms with Crippen molar-refractivity contribution < 1.29 is 13.2 Å². The highest BCUT2D eigenvalue weighted by molar-refractivity contribution is 6.02. The first-order valence-electron chi connectivity index (χ1n) is 11.0. The molecule has 170 valence electrons. The van der Waals surface area contributed by atoms with Crippen LogP contribution in [-0.4, -0.2) is 52.2 Å². The Bertz CT molecular complexity index is 1260. The van der Waals surface area contributed by atoms with Crippen molar-refractivity contribution in [3.05, 3.63) is 72.7 Å². The molecule has 1 aliphatic heterocycles. The number of rotatable bonds is 4. The summed E-state index contributed by atoms with van der Waals surface area (Å²) in [6, 6.07) is 15.2. The molecule has 0 spiro atoms. The van der Waals surface area contributed by atoms with Gasteiger partial charge in [0, 0.05) is 43.6 Å². The van der Waals surface area contributed by atoms with Crippen molar-refractivity contribution in [3.63, 3.8) is 0 Å². The maximum Gasteiger partial charge on any atom is 0.416 e. The van der Waals surface area contributed by atoms with Gasteiger partial charge in [-0.3, -0.25) is 0 Å². The average Bonchev–Trinajstić information content (AvgIpc) is 3.24. The zero-order valence-electron chi connectivity index (χ0n) is 18.3. The molecule has 33 heavy (non-hydrogen) atoms. The average molecular weight is 451 g/mol. The van der Waals surface area contributed by atoms with Crippen molar-refractivity contribution in [1.29, 1.82) is 0 Å². The number of anilines is 1. The Morgan fingerprint density at radius 1 is 0.909 bits per heavy atom. The molecule has 5 nitrogen and oxygen atoms in total. The fraction of sp³-hybridized carbons (Fsp3) is 0.280. The first-order chi connectivity index (χ1) is 16.0. The minimum atomic E-state index is -4.42. The first-order valence-corrected chi connectivity index (χ1v) is 11.0. The molecule has 1 aliphatic rings. The van der Waals surface area contributed by atoms with Crippen LogP contribution in [0.1, 0.15) is 12.5 Å². The number of halogens is 3. The first kappa shape index (κ1) is 21.5. The number of fused-ring (bicyclic) bond motifs is 1. The van der Waals surface area contributed by atoms with E-state index >= 15 is 0 Å². The van der Waals surface area contributed by atoms with Gasteiger partial charge in [-0.1, -0.05) is 43.3 Å². The van der Waals surface area contributed by atoms with E-state index in [0.717, 1.165) is 67.2 Å². The molecule has 2 aromatic heterocycles. The number of likely N-dealkylation sites (N-methyl/N-ethyl adjacent to an activating group) is 1. The van der Waals surface area contributed by atoms with Crippen LogP contribution in [0, 0.1) is 0 Å². The van der Waals surface area contributed by atoms with Gasteiger partial charge in [0.1, 0.15) is 12.1 Å². The zero-order valence-corrected chi connectivity index (χ0v) is 18.3. The zero-order chi connectivity index (χ0) is 23.0. The van der Waals surface area contributed by atoms with Gasteiger partial charge in [0.15, 0.2) is 5.65 Å². The standard InChI is InChI=1S/C25H24F3N5/c1-2-31-11-13-32(14-12-31)23-22-21(18-7-4-3-5-8-18)16-33(24(22)30-17-29-23)20-10-6-9-19(15-20)25(26,27)28/h3-10,15-17H,2,11-14H2,1H3. The summed E-state index contributed by atoms with van der Waals surface area (Å²) < 4.78 is 41.9. The molecule has 8 heteroatoms. The van der Waals surface area contributed by atoms with Crippen molar-refractivity contribution in [2.24, 2.45) is 0 Å². The lowest BCUT2D eigenvalue weighted by Gasteiger charge is -2.35. The number of nitrogens with zero attached hydrogens (tertiary/aromatic N) is 5. The number of hydrogen-bond donors (Lipinski definition) is 0. The predicted octanol–water partition coefficient (Wildman–Crippen LogP) is 5.25. The summed E-state index contributed by atoms with van der Waals surface area (Å²) in [7, 11) is 0. The molecule has 0 amide bonds. The van der Waals surface area contributed by atoms with Gasteiger partial charge in [-0.2, -0.15) is 13.2 Å². The van der Waals surface area contributed by atoms with E-state index in [-0.39, 0.29) is 0 Å². The van der Waals surface area contributed by atoms with Crippen LogP contribution in [0.4, 0.5) is 19.0 Å². The molecule has 0 atom stereocenters. The van der Waals surface area contributed by atoms with E-state index in [1.807, 2.05) is 36.5 Å². The molecule has 1 saturated heterocycles. The highest BCUT2D eigenvalue weighted by atomic mass is 19.4. The van der Waals surface area contributed by atoms with Crippen molar-refractivity contribution in [3.8, 4) is 16.8 Å². The second-order valence-electron chi connectivity index (χ2n) is 8.14. The third-order valence-corrected chi connectivity index (χ3v) is 6.22. The SMILES string of the molecule is CCN1CCN(c2ncnc3c2c(-c2ccccc2)cn3-c2cccc(C(F)(F)F)c2)CC1. The summed E-state index contributed by atoms with van der Waals surface area (Å²) in [5.74, 6) is 0.820. The molecular formula is C25H24F3N5. The number of benzene rings is 2. The summed E-state index contributed by atoms with van der Waals surface area (Å²) in [6.07, 6.45) is -1.04. The predicted molar refractivity (Wildman–Crippen MR) is 124 cm³/mol. The summed E-state index contributed by atoms with van der Waals surface area (Å²) in [6.45, 7) is 6.72. The van der Waals surface area contributed by atoms with E-state index in [1.54, 1.807) is 10.6 Å². The van der Waals surface area contributed by atoms with E-state index < -0.39 is 11.7 Å². The fourth-order valence-electron chi connectivity index (χ4n) is 4.43. The molecule has 4 aromatic rings. The molecule has 0 aliphatic carbocycles.